The zero-order valence-electron chi connectivity index (χ0n) is 12.5. The predicted octanol–water partition coefficient (Wildman–Crippen LogP) is 1.13. The number of halogens is 1. The molecule has 1 aromatic carbocycles. The first-order valence-electron chi connectivity index (χ1n) is 6.97. The van der Waals surface area contributed by atoms with Crippen molar-refractivity contribution < 1.29 is 27.5 Å². The van der Waals surface area contributed by atoms with Gasteiger partial charge >= 0.3 is 5.97 Å². The quantitative estimate of drug-likeness (QED) is 0.852. The van der Waals surface area contributed by atoms with Gasteiger partial charge in [0.05, 0.1) is 17.9 Å². The average molecular weight is 344 g/mol. The Morgan fingerprint density at radius 2 is 1.91 bits per heavy atom. The molecule has 1 fully saturated rings. The Hall–Kier alpha value is -2.16. The lowest BCUT2D eigenvalue weighted by molar-refractivity contribution is -0.143. The van der Waals surface area contributed by atoms with Gasteiger partial charge < -0.3 is 10.0 Å². The number of anilines is 1. The highest BCUT2D eigenvalue weighted by Crippen LogP contribution is 2.22. The number of benzene rings is 1. The van der Waals surface area contributed by atoms with Gasteiger partial charge in [0.1, 0.15) is 5.82 Å². The SMILES string of the molecule is CS(=O)(=O)Nc1cc(C(=O)N2CCC(C(=O)O)CC2)ccc1F. The van der Waals surface area contributed by atoms with Crippen LogP contribution in [0.15, 0.2) is 18.2 Å². The monoisotopic (exact) mass is 344 g/mol. The molecule has 0 bridgehead atoms. The molecule has 1 heterocycles. The van der Waals surface area contributed by atoms with Gasteiger partial charge in [-0.1, -0.05) is 0 Å². The van der Waals surface area contributed by atoms with Crippen molar-refractivity contribution in [1.82, 2.24) is 4.90 Å². The van der Waals surface area contributed by atoms with Crippen LogP contribution in [0, 0.1) is 11.7 Å². The second-order valence-corrected chi connectivity index (χ2v) is 7.22. The maximum Gasteiger partial charge on any atom is 0.306 e. The predicted molar refractivity (Wildman–Crippen MR) is 81.1 cm³/mol. The topological polar surface area (TPSA) is 104 Å². The van der Waals surface area contributed by atoms with Gasteiger partial charge in [-0.15, -0.1) is 0 Å². The summed E-state index contributed by atoms with van der Waals surface area (Å²) in [4.78, 5) is 24.8. The maximum absolute atomic E-state index is 13.6. The minimum Gasteiger partial charge on any atom is -0.481 e. The van der Waals surface area contributed by atoms with Crippen molar-refractivity contribution in [3.63, 3.8) is 0 Å². The van der Waals surface area contributed by atoms with E-state index in [1.54, 1.807) is 0 Å². The number of carbonyl (C=O) groups is 2. The summed E-state index contributed by atoms with van der Waals surface area (Å²) in [6, 6.07) is 3.43. The van der Waals surface area contributed by atoms with Crippen LogP contribution in [-0.4, -0.2) is 49.6 Å². The average Bonchev–Trinajstić information content (AvgIpc) is 2.47. The highest BCUT2D eigenvalue weighted by atomic mass is 32.2. The third kappa shape index (κ3) is 4.41. The van der Waals surface area contributed by atoms with E-state index >= 15 is 0 Å². The Morgan fingerprint density at radius 1 is 1.30 bits per heavy atom. The first kappa shape index (κ1) is 17.2. The number of rotatable bonds is 4. The molecular weight excluding hydrogens is 327 g/mol. The van der Waals surface area contributed by atoms with Crippen molar-refractivity contribution in [2.45, 2.75) is 12.8 Å². The van der Waals surface area contributed by atoms with Gasteiger partial charge in [-0.25, -0.2) is 12.8 Å². The molecule has 0 unspecified atom stereocenters. The Labute approximate surface area is 133 Å². The minimum absolute atomic E-state index is 0.145. The van der Waals surface area contributed by atoms with Crippen LogP contribution in [0.25, 0.3) is 0 Å². The van der Waals surface area contributed by atoms with Crippen LogP contribution in [0.2, 0.25) is 0 Å². The fourth-order valence-corrected chi connectivity index (χ4v) is 3.00. The lowest BCUT2D eigenvalue weighted by Crippen LogP contribution is -2.40. The van der Waals surface area contributed by atoms with Crippen molar-refractivity contribution >= 4 is 27.6 Å². The van der Waals surface area contributed by atoms with Crippen LogP contribution >= 0.6 is 0 Å². The first-order valence-corrected chi connectivity index (χ1v) is 8.86. The largest absolute Gasteiger partial charge is 0.481 e. The number of amides is 1. The fourth-order valence-electron chi connectivity index (χ4n) is 2.45. The second kappa shape index (κ2) is 6.53. The normalized spacial score (nSPS) is 16.2. The summed E-state index contributed by atoms with van der Waals surface area (Å²) < 4.78 is 38.1. The molecule has 7 nitrogen and oxygen atoms in total. The van der Waals surface area contributed by atoms with Crippen molar-refractivity contribution in [3.05, 3.63) is 29.6 Å². The van der Waals surface area contributed by atoms with Gasteiger partial charge in [0, 0.05) is 18.7 Å². The van der Waals surface area contributed by atoms with E-state index in [1.807, 2.05) is 4.72 Å². The number of carboxylic acids is 1. The van der Waals surface area contributed by atoms with Crippen LogP contribution in [0.5, 0.6) is 0 Å². The van der Waals surface area contributed by atoms with Gasteiger partial charge in [0.2, 0.25) is 10.0 Å². The standard InChI is InChI=1S/C14H17FN2O5S/c1-23(21,22)16-12-8-10(2-3-11(12)15)13(18)17-6-4-9(5-7-17)14(19)20/h2-3,8-9,16H,4-7H2,1H3,(H,19,20). The van der Waals surface area contributed by atoms with E-state index in [0.29, 0.717) is 25.9 Å². The van der Waals surface area contributed by atoms with E-state index < -0.39 is 27.7 Å². The summed E-state index contributed by atoms with van der Waals surface area (Å²) in [5.41, 5.74) is -0.148. The summed E-state index contributed by atoms with van der Waals surface area (Å²) in [5.74, 6) is -2.50. The molecule has 9 heteroatoms. The van der Waals surface area contributed by atoms with Crippen LogP contribution in [0.4, 0.5) is 10.1 Å². The number of sulfonamides is 1. The molecule has 0 spiro atoms. The van der Waals surface area contributed by atoms with Gasteiger partial charge in [0.15, 0.2) is 0 Å². The molecule has 126 valence electrons. The van der Waals surface area contributed by atoms with E-state index in [4.69, 9.17) is 5.11 Å². The summed E-state index contributed by atoms with van der Waals surface area (Å²) >= 11 is 0. The zero-order valence-corrected chi connectivity index (χ0v) is 13.3. The number of nitrogens with one attached hydrogen (secondary N) is 1. The molecule has 0 atom stereocenters. The smallest absolute Gasteiger partial charge is 0.306 e. The Kier molecular flexibility index (Phi) is 4.88. The lowest BCUT2D eigenvalue weighted by Gasteiger charge is -2.30. The maximum atomic E-state index is 13.6. The van der Waals surface area contributed by atoms with E-state index in [9.17, 15) is 22.4 Å². The van der Waals surface area contributed by atoms with E-state index in [-0.39, 0.29) is 17.2 Å². The highest BCUT2D eigenvalue weighted by molar-refractivity contribution is 7.92. The number of hydrogen-bond acceptors (Lipinski definition) is 4. The van der Waals surface area contributed by atoms with Crippen molar-refractivity contribution in [2.24, 2.45) is 5.92 Å². The van der Waals surface area contributed by atoms with Crippen molar-refractivity contribution in [2.75, 3.05) is 24.1 Å². The van der Waals surface area contributed by atoms with Gasteiger partial charge in [-0.3, -0.25) is 14.3 Å². The van der Waals surface area contributed by atoms with Gasteiger partial charge in [-0.2, -0.15) is 0 Å². The van der Waals surface area contributed by atoms with Gasteiger partial charge in [0.25, 0.3) is 5.91 Å². The summed E-state index contributed by atoms with van der Waals surface area (Å²) in [6.07, 6.45) is 1.60. The molecular formula is C14H17FN2O5S. The fraction of sp³-hybridized carbons (Fsp3) is 0.429. The van der Waals surface area contributed by atoms with E-state index in [0.717, 1.165) is 18.4 Å². The molecule has 0 radical (unpaired) electrons. The molecule has 1 aliphatic rings. The molecule has 2 rings (SSSR count). The van der Waals surface area contributed by atoms with Crippen molar-refractivity contribution in [1.29, 1.82) is 0 Å². The molecule has 23 heavy (non-hydrogen) atoms. The van der Waals surface area contributed by atoms with Crippen LogP contribution < -0.4 is 4.72 Å². The molecule has 1 aliphatic heterocycles. The molecule has 2 N–H and O–H groups in total. The number of carbonyl (C=O) groups excluding carboxylic acids is 1. The molecule has 0 aliphatic carbocycles. The third-order valence-electron chi connectivity index (χ3n) is 3.64. The number of likely N-dealkylation sites (tertiary alicyclic amines) is 1. The lowest BCUT2D eigenvalue weighted by atomic mass is 9.96. The molecule has 0 aromatic heterocycles. The highest BCUT2D eigenvalue weighted by Gasteiger charge is 2.27. The van der Waals surface area contributed by atoms with Gasteiger partial charge in [-0.05, 0) is 31.0 Å². The molecule has 0 saturated carbocycles. The van der Waals surface area contributed by atoms with E-state index in [2.05, 4.69) is 0 Å². The first-order chi connectivity index (χ1) is 10.7. The Morgan fingerprint density at radius 3 is 2.43 bits per heavy atom. The van der Waals surface area contributed by atoms with Crippen LogP contribution in [0.3, 0.4) is 0 Å². The van der Waals surface area contributed by atoms with Crippen molar-refractivity contribution in [3.8, 4) is 0 Å². The van der Waals surface area contributed by atoms with Crippen LogP contribution in [-0.2, 0) is 14.8 Å². The Balaban J connectivity index is 2.14. The number of aliphatic carboxylic acids is 1. The molecule has 1 saturated heterocycles. The zero-order chi connectivity index (χ0) is 17.2. The van der Waals surface area contributed by atoms with E-state index in [1.165, 1.54) is 11.0 Å². The summed E-state index contributed by atoms with van der Waals surface area (Å²) in [7, 11) is -3.66. The number of piperidine rings is 1. The summed E-state index contributed by atoms with van der Waals surface area (Å²) in [5, 5.41) is 8.94. The summed E-state index contributed by atoms with van der Waals surface area (Å²) in [6.45, 7) is 0.587. The minimum atomic E-state index is -3.66. The third-order valence-corrected chi connectivity index (χ3v) is 4.23. The Bertz CT molecular complexity index is 727. The van der Waals surface area contributed by atoms with Crippen LogP contribution in [0.1, 0.15) is 23.2 Å². The molecule has 1 aromatic rings. The number of hydrogen-bond donors (Lipinski definition) is 2. The number of nitrogens with zero attached hydrogens (tertiary/aromatic N) is 1. The molecule has 1 amide bonds. The number of carboxylic acid groups (broad SMARTS) is 1. The second-order valence-electron chi connectivity index (χ2n) is 5.47.